The molecule has 0 radical (unpaired) electrons. The van der Waals surface area contributed by atoms with Gasteiger partial charge < -0.3 is 10.6 Å². The minimum absolute atomic E-state index is 0.0962. The van der Waals surface area contributed by atoms with Crippen molar-refractivity contribution in [3.05, 3.63) is 70.2 Å². The average Bonchev–Trinajstić information content (AvgIpc) is 3.29. The molecular formula is C18H18N4O2S. The molecule has 2 amide bonds. The van der Waals surface area contributed by atoms with Gasteiger partial charge in [-0.2, -0.15) is 5.10 Å². The number of thiophene rings is 1. The van der Waals surface area contributed by atoms with Crippen LogP contribution in [0.4, 0.5) is 0 Å². The van der Waals surface area contributed by atoms with Gasteiger partial charge in [-0.05, 0) is 23.6 Å². The molecule has 0 aliphatic rings. The number of nitrogens with one attached hydrogen (secondary N) is 2. The highest BCUT2D eigenvalue weighted by atomic mass is 32.1. The van der Waals surface area contributed by atoms with E-state index in [9.17, 15) is 9.59 Å². The molecular weight excluding hydrogens is 336 g/mol. The van der Waals surface area contributed by atoms with Gasteiger partial charge in [-0.15, -0.1) is 11.3 Å². The third kappa shape index (κ3) is 4.33. The van der Waals surface area contributed by atoms with Crippen LogP contribution in [0, 0.1) is 0 Å². The van der Waals surface area contributed by atoms with Crippen LogP contribution in [0.3, 0.4) is 0 Å². The molecule has 0 unspecified atom stereocenters. The number of aromatic nitrogens is 2. The Hall–Kier alpha value is -2.93. The summed E-state index contributed by atoms with van der Waals surface area (Å²) in [5.74, 6) is -0.246. The summed E-state index contributed by atoms with van der Waals surface area (Å²) in [7, 11) is 0. The van der Waals surface area contributed by atoms with E-state index < -0.39 is 0 Å². The van der Waals surface area contributed by atoms with E-state index in [1.165, 1.54) is 6.92 Å². The number of hydrogen-bond acceptors (Lipinski definition) is 4. The van der Waals surface area contributed by atoms with Crippen molar-refractivity contribution in [2.45, 2.75) is 20.0 Å². The largest absolute Gasteiger partial charge is 0.352 e. The predicted molar refractivity (Wildman–Crippen MR) is 96.6 cm³/mol. The van der Waals surface area contributed by atoms with Crippen LogP contribution in [-0.2, 0) is 17.9 Å². The van der Waals surface area contributed by atoms with E-state index >= 15 is 0 Å². The number of hydrogen-bond donors (Lipinski definition) is 2. The molecule has 0 saturated carbocycles. The van der Waals surface area contributed by atoms with Crippen molar-refractivity contribution in [2.75, 3.05) is 0 Å². The second-order valence-corrected chi connectivity index (χ2v) is 6.51. The minimum Gasteiger partial charge on any atom is -0.352 e. The summed E-state index contributed by atoms with van der Waals surface area (Å²) in [6, 6.07) is 11.2. The van der Waals surface area contributed by atoms with Crippen LogP contribution in [0.2, 0.25) is 0 Å². The topological polar surface area (TPSA) is 76.0 Å². The van der Waals surface area contributed by atoms with E-state index in [4.69, 9.17) is 0 Å². The Morgan fingerprint density at radius 3 is 2.72 bits per heavy atom. The lowest BCUT2D eigenvalue weighted by atomic mass is 10.1. The van der Waals surface area contributed by atoms with E-state index in [-0.39, 0.29) is 11.8 Å². The summed E-state index contributed by atoms with van der Waals surface area (Å²) in [5, 5.41) is 11.9. The number of carbonyl (C=O) groups is 2. The molecule has 2 N–H and O–H groups in total. The molecule has 7 heteroatoms. The van der Waals surface area contributed by atoms with E-state index in [2.05, 4.69) is 15.7 Å². The van der Waals surface area contributed by atoms with Crippen molar-refractivity contribution in [2.24, 2.45) is 0 Å². The first-order valence-corrected chi connectivity index (χ1v) is 8.69. The fourth-order valence-electron chi connectivity index (χ4n) is 2.35. The molecule has 0 fully saturated rings. The second-order valence-electron chi connectivity index (χ2n) is 5.48. The normalized spacial score (nSPS) is 10.4. The number of para-hydroxylation sites is 1. The molecule has 0 spiro atoms. The van der Waals surface area contributed by atoms with Crippen LogP contribution in [0.25, 0.3) is 5.69 Å². The zero-order chi connectivity index (χ0) is 17.6. The number of rotatable bonds is 6. The van der Waals surface area contributed by atoms with E-state index in [0.29, 0.717) is 24.3 Å². The summed E-state index contributed by atoms with van der Waals surface area (Å²) < 4.78 is 1.65. The summed E-state index contributed by atoms with van der Waals surface area (Å²) in [6.07, 6.45) is 3.48. The van der Waals surface area contributed by atoms with Crippen molar-refractivity contribution >= 4 is 23.2 Å². The first-order chi connectivity index (χ1) is 12.1. The van der Waals surface area contributed by atoms with Gasteiger partial charge in [0.15, 0.2) is 0 Å². The van der Waals surface area contributed by atoms with Crippen LogP contribution in [0.1, 0.15) is 27.7 Å². The van der Waals surface area contributed by atoms with Crippen molar-refractivity contribution < 1.29 is 9.59 Å². The van der Waals surface area contributed by atoms with Crippen molar-refractivity contribution in [1.82, 2.24) is 20.4 Å². The molecule has 3 aromatic rings. The van der Waals surface area contributed by atoms with Gasteiger partial charge in [0.05, 0.1) is 24.0 Å². The first-order valence-electron chi connectivity index (χ1n) is 7.81. The van der Waals surface area contributed by atoms with E-state index in [1.54, 1.807) is 34.5 Å². The Morgan fingerprint density at radius 2 is 1.96 bits per heavy atom. The van der Waals surface area contributed by atoms with Crippen LogP contribution in [-0.4, -0.2) is 21.6 Å². The molecule has 0 saturated heterocycles. The maximum atomic E-state index is 12.6. The minimum atomic E-state index is -0.150. The van der Waals surface area contributed by atoms with Gasteiger partial charge in [-0.3, -0.25) is 9.59 Å². The van der Waals surface area contributed by atoms with Crippen LogP contribution >= 0.6 is 11.3 Å². The second kappa shape index (κ2) is 7.76. The Kier molecular flexibility index (Phi) is 5.25. The average molecular weight is 354 g/mol. The molecule has 3 rings (SSSR count). The highest BCUT2D eigenvalue weighted by Crippen LogP contribution is 2.15. The molecule has 2 aromatic heterocycles. The summed E-state index contributed by atoms with van der Waals surface area (Å²) in [5.41, 5.74) is 2.11. The number of carbonyl (C=O) groups excluding carboxylic acids is 2. The van der Waals surface area contributed by atoms with Crippen LogP contribution in [0.5, 0.6) is 0 Å². The van der Waals surface area contributed by atoms with Gasteiger partial charge >= 0.3 is 0 Å². The third-order valence-electron chi connectivity index (χ3n) is 3.58. The Labute approximate surface area is 149 Å². The predicted octanol–water partition coefficient (Wildman–Crippen LogP) is 2.50. The zero-order valence-electron chi connectivity index (χ0n) is 13.7. The fourth-order valence-corrected chi connectivity index (χ4v) is 3.00. The van der Waals surface area contributed by atoms with Crippen LogP contribution in [0.15, 0.2) is 54.2 Å². The Balaban J connectivity index is 1.76. The number of benzene rings is 1. The lowest BCUT2D eigenvalue weighted by molar-refractivity contribution is -0.119. The lowest BCUT2D eigenvalue weighted by Gasteiger charge is -2.09. The van der Waals surface area contributed by atoms with Gasteiger partial charge in [0.25, 0.3) is 5.91 Å². The molecule has 6 nitrogen and oxygen atoms in total. The van der Waals surface area contributed by atoms with Crippen LogP contribution < -0.4 is 10.6 Å². The molecule has 1 aromatic carbocycles. The first kappa shape index (κ1) is 16.9. The van der Waals surface area contributed by atoms with Gasteiger partial charge in [0.2, 0.25) is 5.91 Å². The van der Waals surface area contributed by atoms with E-state index in [0.717, 1.165) is 10.4 Å². The van der Waals surface area contributed by atoms with Gasteiger partial charge in [-0.25, -0.2) is 4.68 Å². The fraction of sp³-hybridized carbons (Fsp3) is 0.167. The molecule has 2 heterocycles. The monoisotopic (exact) mass is 354 g/mol. The highest BCUT2D eigenvalue weighted by Gasteiger charge is 2.13. The molecule has 0 aliphatic carbocycles. The Morgan fingerprint density at radius 1 is 1.12 bits per heavy atom. The zero-order valence-corrected chi connectivity index (χ0v) is 14.5. The SMILES string of the molecule is CC(=O)NCc1cnn(-c2ccccc2C(=O)NCc2cccs2)c1. The number of nitrogens with zero attached hydrogens (tertiary/aromatic N) is 2. The quantitative estimate of drug-likeness (QED) is 0.714. The maximum Gasteiger partial charge on any atom is 0.253 e. The molecule has 0 aliphatic heterocycles. The molecule has 0 atom stereocenters. The molecule has 25 heavy (non-hydrogen) atoms. The Bertz CT molecular complexity index is 871. The van der Waals surface area contributed by atoms with Crippen molar-refractivity contribution in [3.8, 4) is 5.69 Å². The van der Waals surface area contributed by atoms with Gasteiger partial charge in [0, 0.05) is 30.1 Å². The third-order valence-corrected chi connectivity index (χ3v) is 4.45. The maximum absolute atomic E-state index is 12.6. The van der Waals surface area contributed by atoms with E-state index in [1.807, 2.05) is 35.7 Å². The standard InChI is InChI=1S/C18H18N4O2S/c1-13(23)19-9-14-10-21-22(12-14)17-7-3-2-6-16(17)18(24)20-11-15-5-4-8-25-15/h2-8,10,12H,9,11H2,1H3,(H,19,23)(H,20,24). The van der Waals surface area contributed by atoms with Gasteiger partial charge in [-0.1, -0.05) is 18.2 Å². The lowest BCUT2D eigenvalue weighted by Crippen LogP contribution is -2.23. The smallest absolute Gasteiger partial charge is 0.253 e. The molecule has 0 bridgehead atoms. The number of amides is 2. The highest BCUT2D eigenvalue weighted by molar-refractivity contribution is 7.09. The summed E-state index contributed by atoms with van der Waals surface area (Å²) in [4.78, 5) is 24.7. The van der Waals surface area contributed by atoms with Gasteiger partial charge in [0.1, 0.15) is 0 Å². The van der Waals surface area contributed by atoms with Crippen molar-refractivity contribution in [3.63, 3.8) is 0 Å². The van der Waals surface area contributed by atoms with Crippen molar-refractivity contribution in [1.29, 1.82) is 0 Å². The summed E-state index contributed by atoms with van der Waals surface area (Å²) >= 11 is 1.61. The summed E-state index contributed by atoms with van der Waals surface area (Å²) in [6.45, 7) is 2.37. The molecule has 128 valence electrons.